The van der Waals surface area contributed by atoms with Gasteiger partial charge in [-0.2, -0.15) is 13.2 Å². The molecular formula is C21H27F3N6. The molecule has 1 aromatic rings. The van der Waals surface area contributed by atoms with Crippen LogP contribution >= 0.6 is 0 Å². The molecule has 0 unspecified atom stereocenters. The molecule has 9 heteroatoms. The summed E-state index contributed by atoms with van der Waals surface area (Å²) in [5, 5.41) is 0. The third-order valence-corrected chi connectivity index (χ3v) is 5.45. The minimum absolute atomic E-state index is 0.621. The molecule has 6 nitrogen and oxygen atoms in total. The Balaban J connectivity index is 1.17. The van der Waals surface area contributed by atoms with Crippen LogP contribution in [-0.2, 0) is 6.18 Å². The SMILES string of the molecule is CN1C=CN(CCN2C=CN(CCN3C=CN(c4ccc(C(F)(F)F)cc4)C3)C2)C1. The Morgan fingerprint density at radius 1 is 0.667 bits per heavy atom. The fourth-order valence-corrected chi connectivity index (χ4v) is 3.67. The van der Waals surface area contributed by atoms with Gasteiger partial charge >= 0.3 is 6.18 Å². The molecule has 30 heavy (non-hydrogen) atoms. The van der Waals surface area contributed by atoms with E-state index in [9.17, 15) is 13.2 Å². The second-order valence-electron chi connectivity index (χ2n) is 7.84. The first-order chi connectivity index (χ1) is 14.4. The lowest BCUT2D eigenvalue weighted by molar-refractivity contribution is -0.137. The van der Waals surface area contributed by atoms with E-state index in [1.54, 1.807) is 0 Å². The predicted octanol–water partition coefficient (Wildman–Crippen LogP) is 2.98. The Morgan fingerprint density at radius 3 is 1.70 bits per heavy atom. The summed E-state index contributed by atoms with van der Waals surface area (Å²) in [7, 11) is 2.07. The fourth-order valence-electron chi connectivity index (χ4n) is 3.67. The van der Waals surface area contributed by atoms with E-state index in [-0.39, 0.29) is 0 Å². The van der Waals surface area contributed by atoms with Crippen molar-refractivity contribution in [2.24, 2.45) is 0 Å². The van der Waals surface area contributed by atoms with Gasteiger partial charge in [0, 0.05) is 76.1 Å². The number of rotatable bonds is 7. The molecule has 0 amide bonds. The standard InChI is InChI=1S/C21H27F3N6/c1-25-6-7-26(16-25)8-9-27-10-11-28(17-27)12-13-29-14-15-30(18-29)20-4-2-19(3-5-20)21(22,23)24/h2-7,10-11,14-15H,8-9,12-13,16-18H2,1H3. The summed E-state index contributed by atoms with van der Waals surface area (Å²) in [6, 6.07) is 5.30. The number of anilines is 1. The van der Waals surface area contributed by atoms with Crippen LogP contribution in [0.1, 0.15) is 5.56 Å². The van der Waals surface area contributed by atoms with Gasteiger partial charge in [0.1, 0.15) is 0 Å². The van der Waals surface area contributed by atoms with Crippen LogP contribution < -0.4 is 4.90 Å². The van der Waals surface area contributed by atoms with Gasteiger partial charge in [0.15, 0.2) is 0 Å². The first-order valence-electron chi connectivity index (χ1n) is 10.0. The minimum atomic E-state index is -4.30. The lowest BCUT2D eigenvalue weighted by Crippen LogP contribution is -2.36. The van der Waals surface area contributed by atoms with E-state index in [2.05, 4.69) is 56.3 Å². The monoisotopic (exact) mass is 420 g/mol. The molecule has 4 rings (SSSR count). The zero-order valence-corrected chi connectivity index (χ0v) is 17.0. The van der Waals surface area contributed by atoms with Gasteiger partial charge in [0.05, 0.1) is 25.6 Å². The number of halogens is 3. The van der Waals surface area contributed by atoms with Gasteiger partial charge in [0.25, 0.3) is 0 Å². The maximum absolute atomic E-state index is 12.7. The molecule has 3 aliphatic rings. The molecule has 0 atom stereocenters. The molecule has 0 spiro atoms. The van der Waals surface area contributed by atoms with Gasteiger partial charge in [-0.15, -0.1) is 0 Å². The highest BCUT2D eigenvalue weighted by atomic mass is 19.4. The molecule has 0 N–H and O–H groups in total. The van der Waals surface area contributed by atoms with Crippen molar-refractivity contribution in [1.29, 1.82) is 0 Å². The number of hydrogen-bond acceptors (Lipinski definition) is 6. The van der Waals surface area contributed by atoms with Crippen molar-refractivity contribution in [2.45, 2.75) is 6.18 Å². The van der Waals surface area contributed by atoms with Gasteiger partial charge in [0.2, 0.25) is 0 Å². The molecule has 0 bridgehead atoms. The van der Waals surface area contributed by atoms with Crippen LogP contribution in [0.3, 0.4) is 0 Å². The topological polar surface area (TPSA) is 19.4 Å². The van der Waals surface area contributed by atoms with E-state index in [1.807, 2.05) is 17.3 Å². The summed E-state index contributed by atoms with van der Waals surface area (Å²) in [6.45, 7) is 6.19. The van der Waals surface area contributed by atoms with E-state index >= 15 is 0 Å². The third-order valence-electron chi connectivity index (χ3n) is 5.45. The molecule has 0 aliphatic carbocycles. The second kappa shape index (κ2) is 8.41. The molecule has 3 aliphatic heterocycles. The molecular weight excluding hydrogens is 393 g/mol. The van der Waals surface area contributed by atoms with Crippen LogP contribution in [0.15, 0.2) is 61.5 Å². The van der Waals surface area contributed by atoms with E-state index in [1.165, 1.54) is 12.1 Å². The van der Waals surface area contributed by atoms with E-state index in [4.69, 9.17) is 0 Å². The first kappa shape index (κ1) is 20.3. The Bertz CT molecular complexity index is 804. The summed E-state index contributed by atoms with van der Waals surface area (Å²) in [4.78, 5) is 13.2. The van der Waals surface area contributed by atoms with Gasteiger partial charge < -0.3 is 29.4 Å². The molecule has 3 heterocycles. The maximum Gasteiger partial charge on any atom is 0.416 e. The number of hydrogen-bond donors (Lipinski definition) is 0. The molecule has 162 valence electrons. The molecule has 1 aromatic carbocycles. The van der Waals surface area contributed by atoms with Crippen LogP contribution in [0, 0.1) is 0 Å². The van der Waals surface area contributed by atoms with Crippen molar-refractivity contribution in [3.63, 3.8) is 0 Å². The Hall–Kier alpha value is -2.97. The third kappa shape index (κ3) is 4.95. The normalized spacial score (nSPS) is 18.7. The quantitative estimate of drug-likeness (QED) is 0.671. The summed E-state index contributed by atoms with van der Waals surface area (Å²) >= 11 is 0. The Kier molecular flexibility index (Phi) is 5.69. The van der Waals surface area contributed by atoms with Crippen molar-refractivity contribution < 1.29 is 13.2 Å². The van der Waals surface area contributed by atoms with Gasteiger partial charge in [-0.3, -0.25) is 0 Å². The Labute approximate surface area is 175 Å². The van der Waals surface area contributed by atoms with Gasteiger partial charge in [-0.1, -0.05) is 0 Å². The predicted molar refractivity (Wildman–Crippen MR) is 111 cm³/mol. The van der Waals surface area contributed by atoms with Crippen molar-refractivity contribution in [2.75, 3.05) is 58.1 Å². The highest BCUT2D eigenvalue weighted by molar-refractivity contribution is 5.51. The fraction of sp³-hybridized carbons (Fsp3) is 0.429. The van der Waals surface area contributed by atoms with Gasteiger partial charge in [-0.25, -0.2) is 0 Å². The van der Waals surface area contributed by atoms with E-state index in [0.29, 0.717) is 6.67 Å². The summed E-state index contributed by atoms with van der Waals surface area (Å²) in [6.07, 6.45) is 8.07. The van der Waals surface area contributed by atoms with Crippen LogP contribution in [0.5, 0.6) is 0 Å². The lowest BCUT2D eigenvalue weighted by atomic mass is 10.2. The first-order valence-corrected chi connectivity index (χ1v) is 10.0. The summed E-state index contributed by atoms with van der Waals surface area (Å²) < 4.78 is 38.2. The summed E-state index contributed by atoms with van der Waals surface area (Å²) in [5.74, 6) is 0. The smallest absolute Gasteiger partial charge is 0.362 e. The average Bonchev–Trinajstić information content (AvgIpc) is 3.45. The maximum atomic E-state index is 12.7. The second-order valence-corrected chi connectivity index (χ2v) is 7.84. The highest BCUT2D eigenvalue weighted by Gasteiger charge is 2.30. The van der Waals surface area contributed by atoms with Crippen LogP contribution in [-0.4, -0.2) is 77.7 Å². The number of alkyl halides is 3. The lowest BCUT2D eigenvalue weighted by Gasteiger charge is -2.26. The number of benzene rings is 1. The van der Waals surface area contributed by atoms with Crippen molar-refractivity contribution in [1.82, 2.24) is 24.5 Å². The largest absolute Gasteiger partial charge is 0.416 e. The van der Waals surface area contributed by atoms with E-state index < -0.39 is 11.7 Å². The summed E-state index contributed by atoms with van der Waals surface area (Å²) in [5.41, 5.74) is 0.139. The molecule has 0 saturated heterocycles. The minimum Gasteiger partial charge on any atom is -0.362 e. The van der Waals surface area contributed by atoms with Crippen LogP contribution in [0.2, 0.25) is 0 Å². The zero-order chi connectivity index (χ0) is 21.1. The van der Waals surface area contributed by atoms with Crippen LogP contribution in [0.4, 0.5) is 18.9 Å². The van der Waals surface area contributed by atoms with E-state index in [0.717, 1.165) is 57.3 Å². The molecule has 0 fully saturated rings. The molecule has 0 saturated carbocycles. The highest BCUT2D eigenvalue weighted by Crippen LogP contribution is 2.31. The van der Waals surface area contributed by atoms with Gasteiger partial charge in [-0.05, 0) is 24.3 Å². The van der Waals surface area contributed by atoms with Crippen LogP contribution in [0.25, 0.3) is 0 Å². The molecule has 0 radical (unpaired) electrons. The Morgan fingerprint density at radius 2 is 1.17 bits per heavy atom. The molecule has 0 aromatic heterocycles. The van der Waals surface area contributed by atoms with Crippen molar-refractivity contribution in [3.05, 3.63) is 67.0 Å². The number of nitrogens with zero attached hydrogens (tertiary/aromatic N) is 6. The zero-order valence-electron chi connectivity index (χ0n) is 17.0. The average molecular weight is 420 g/mol. The van der Waals surface area contributed by atoms with Crippen molar-refractivity contribution in [3.8, 4) is 0 Å². The van der Waals surface area contributed by atoms with Crippen molar-refractivity contribution >= 4 is 5.69 Å².